The van der Waals surface area contributed by atoms with Crippen molar-refractivity contribution in [2.45, 2.75) is 59.4 Å². The first-order valence-corrected chi connectivity index (χ1v) is 7.27. The molecule has 1 atom stereocenters. The van der Waals surface area contributed by atoms with Crippen molar-refractivity contribution in [1.82, 2.24) is 0 Å². The highest BCUT2D eigenvalue weighted by molar-refractivity contribution is 5.41. The average Bonchev–Trinajstić information content (AvgIpc) is 2.34. The van der Waals surface area contributed by atoms with Gasteiger partial charge in [-0.1, -0.05) is 53.7 Å². The number of hydrogen-bond acceptors (Lipinski definition) is 2. The van der Waals surface area contributed by atoms with Gasteiger partial charge in [-0.2, -0.15) is 0 Å². The second-order valence-corrected chi connectivity index (χ2v) is 6.65. The maximum atomic E-state index is 6.05. The van der Waals surface area contributed by atoms with E-state index < -0.39 is 0 Å². The smallest absolute Gasteiger partial charge is 0.123 e. The molecule has 2 heteroatoms. The molecule has 0 aliphatic heterocycles. The Hall–Kier alpha value is -1.02. The summed E-state index contributed by atoms with van der Waals surface area (Å²) in [6.45, 7) is 13.7. The molecule has 0 fully saturated rings. The Morgan fingerprint density at radius 2 is 1.84 bits per heavy atom. The van der Waals surface area contributed by atoms with E-state index in [1.54, 1.807) is 0 Å². The molecular weight excluding hydrogens is 234 g/mol. The van der Waals surface area contributed by atoms with Gasteiger partial charge in [0.2, 0.25) is 0 Å². The van der Waals surface area contributed by atoms with Crippen molar-refractivity contribution in [3.8, 4) is 5.75 Å². The van der Waals surface area contributed by atoms with Crippen LogP contribution in [0.4, 0.5) is 0 Å². The van der Waals surface area contributed by atoms with Gasteiger partial charge < -0.3 is 10.5 Å². The van der Waals surface area contributed by atoms with Crippen molar-refractivity contribution in [1.29, 1.82) is 0 Å². The molecule has 1 aromatic rings. The molecule has 0 aliphatic rings. The lowest BCUT2D eigenvalue weighted by Gasteiger charge is -2.25. The van der Waals surface area contributed by atoms with Crippen LogP contribution in [0.5, 0.6) is 5.75 Å². The Morgan fingerprint density at radius 1 is 1.21 bits per heavy atom. The number of ether oxygens (including phenoxy) is 1. The maximum Gasteiger partial charge on any atom is 0.123 e. The summed E-state index contributed by atoms with van der Waals surface area (Å²) in [5, 5.41) is 0. The molecule has 0 saturated heterocycles. The molecule has 108 valence electrons. The minimum Gasteiger partial charge on any atom is -0.492 e. The van der Waals surface area contributed by atoms with E-state index in [9.17, 15) is 0 Å². The van der Waals surface area contributed by atoms with Gasteiger partial charge in [0, 0.05) is 6.04 Å². The minimum absolute atomic E-state index is 0.0821. The van der Waals surface area contributed by atoms with Crippen molar-refractivity contribution in [2.24, 2.45) is 11.7 Å². The summed E-state index contributed by atoms with van der Waals surface area (Å²) >= 11 is 0. The summed E-state index contributed by atoms with van der Waals surface area (Å²) in [6.07, 6.45) is 1.05. The first-order chi connectivity index (χ1) is 8.75. The molecule has 19 heavy (non-hydrogen) atoms. The lowest BCUT2D eigenvalue weighted by molar-refractivity contribution is 0.254. The quantitative estimate of drug-likeness (QED) is 0.874. The third-order valence-corrected chi connectivity index (χ3v) is 3.55. The van der Waals surface area contributed by atoms with Gasteiger partial charge >= 0.3 is 0 Å². The molecule has 0 saturated carbocycles. The van der Waals surface area contributed by atoms with E-state index in [1.165, 1.54) is 11.1 Å². The number of aryl methyl sites for hydroxylation is 1. The number of nitrogens with two attached hydrogens (primary N) is 1. The fourth-order valence-corrected chi connectivity index (χ4v) is 1.89. The number of hydrogen-bond donors (Lipinski definition) is 1. The van der Waals surface area contributed by atoms with Crippen LogP contribution in [0.3, 0.4) is 0 Å². The van der Waals surface area contributed by atoms with Gasteiger partial charge in [0.05, 0.1) is 0 Å². The Kier molecular flexibility index (Phi) is 5.42. The summed E-state index contributed by atoms with van der Waals surface area (Å²) < 4.78 is 5.96. The summed E-state index contributed by atoms with van der Waals surface area (Å²) in [6, 6.07) is 6.58. The summed E-state index contributed by atoms with van der Waals surface area (Å²) in [5.74, 6) is 1.41. The second-order valence-electron chi connectivity index (χ2n) is 6.65. The van der Waals surface area contributed by atoms with Crippen LogP contribution in [0.25, 0.3) is 0 Å². The molecule has 0 amide bonds. The van der Waals surface area contributed by atoms with Crippen molar-refractivity contribution in [2.75, 3.05) is 6.61 Å². The molecule has 1 aromatic carbocycles. The Bertz CT molecular complexity index is 404. The molecule has 0 spiro atoms. The normalized spacial score (nSPS) is 13.7. The average molecular weight is 263 g/mol. The Labute approximate surface area is 118 Å². The zero-order valence-electron chi connectivity index (χ0n) is 13.3. The lowest BCUT2D eigenvalue weighted by Crippen LogP contribution is -2.33. The summed E-state index contributed by atoms with van der Waals surface area (Å²) in [7, 11) is 0. The van der Waals surface area contributed by atoms with Crippen LogP contribution in [0.15, 0.2) is 18.2 Å². The van der Waals surface area contributed by atoms with Crippen molar-refractivity contribution >= 4 is 0 Å². The van der Waals surface area contributed by atoms with Crippen LogP contribution in [0, 0.1) is 5.92 Å². The van der Waals surface area contributed by atoms with Gasteiger partial charge in [-0.05, 0) is 34.9 Å². The van der Waals surface area contributed by atoms with E-state index in [2.05, 4.69) is 59.7 Å². The molecule has 2 N–H and O–H groups in total. The van der Waals surface area contributed by atoms with E-state index in [1.807, 2.05) is 0 Å². The van der Waals surface area contributed by atoms with E-state index in [0.717, 1.165) is 12.2 Å². The molecule has 0 aliphatic carbocycles. The monoisotopic (exact) mass is 263 g/mol. The van der Waals surface area contributed by atoms with Crippen molar-refractivity contribution in [3.63, 3.8) is 0 Å². The van der Waals surface area contributed by atoms with Crippen LogP contribution in [-0.4, -0.2) is 12.6 Å². The lowest BCUT2D eigenvalue weighted by atomic mass is 9.85. The fourth-order valence-electron chi connectivity index (χ4n) is 1.89. The molecule has 0 aromatic heterocycles. The van der Waals surface area contributed by atoms with Gasteiger partial charge in [-0.15, -0.1) is 0 Å². The molecule has 0 radical (unpaired) electrons. The van der Waals surface area contributed by atoms with Crippen LogP contribution in [-0.2, 0) is 11.8 Å². The largest absolute Gasteiger partial charge is 0.492 e. The van der Waals surface area contributed by atoms with Crippen LogP contribution >= 0.6 is 0 Å². The molecule has 0 bridgehead atoms. The highest BCUT2D eigenvalue weighted by Crippen LogP contribution is 2.32. The standard InChI is InChI=1S/C17H29NO/c1-7-13-8-9-16(14(10-13)17(4,5)6)19-11-15(18)12(2)3/h8-10,12,15H,7,11,18H2,1-6H3. The Balaban J connectivity index is 2.94. The minimum atomic E-state index is 0.0821. The second kappa shape index (κ2) is 6.42. The van der Waals surface area contributed by atoms with Crippen molar-refractivity contribution in [3.05, 3.63) is 29.3 Å². The van der Waals surface area contributed by atoms with E-state index in [4.69, 9.17) is 10.5 Å². The van der Waals surface area contributed by atoms with Gasteiger partial charge in [-0.3, -0.25) is 0 Å². The predicted molar refractivity (Wildman–Crippen MR) is 82.8 cm³/mol. The zero-order chi connectivity index (χ0) is 14.6. The number of rotatable bonds is 5. The molecule has 0 heterocycles. The third-order valence-electron chi connectivity index (χ3n) is 3.55. The van der Waals surface area contributed by atoms with E-state index in [0.29, 0.717) is 12.5 Å². The van der Waals surface area contributed by atoms with Crippen molar-refractivity contribution < 1.29 is 4.74 Å². The van der Waals surface area contributed by atoms with Gasteiger partial charge in [0.15, 0.2) is 0 Å². The predicted octanol–water partition coefficient (Wildman–Crippen LogP) is 3.91. The first-order valence-electron chi connectivity index (χ1n) is 7.27. The summed E-state index contributed by atoms with van der Waals surface area (Å²) in [5.41, 5.74) is 8.76. The van der Waals surface area contributed by atoms with E-state index in [-0.39, 0.29) is 11.5 Å². The highest BCUT2D eigenvalue weighted by atomic mass is 16.5. The first kappa shape index (κ1) is 16.0. The summed E-state index contributed by atoms with van der Waals surface area (Å²) in [4.78, 5) is 0. The fraction of sp³-hybridized carbons (Fsp3) is 0.647. The van der Waals surface area contributed by atoms with E-state index >= 15 is 0 Å². The third kappa shape index (κ3) is 4.54. The maximum absolute atomic E-state index is 6.05. The highest BCUT2D eigenvalue weighted by Gasteiger charge is 2.20. The van der Waals surface area contributed by atoms with Crippen LogP contribution in [0.2, 0.25) is 0 Å². The molecule has 2 nitrogen and oxygen atoms in total. The molecule has 1 unspecified atom stereocenters. The molecular formula is C17H29NO. The van der Waals surface area contributed by atoms with Crippen LogP contribution < -0.4 is 10.5 Å². The van der Waals surface area contributed by atoms with Crippen LogP contribution in [0.1, 0.15) is 52.7 Å². The van der Waals surface area contributed by atoms with Gasteiger partial charge in [0.25, 0.3) is 0 Å². The topological polar surface area (TPSA) is 35.2 Å². The van der Waals surface area contributed by atoms with Gasteiger partial charge in [-0.25, -0.2) is 0 Å². The van der Waals surface area contributed by atoms with Gasteiger partial charge in [0.1, 0.15) is 12.4 Å². The number of benzene rings is 1. The molecule has 1 rings (SSSR count). The SMILES string of the molecule is CCc1ccc(OCC(N)C(C)C)c(C(C)(C)C)c1. The Morgan fingerprint density at radius 3 is 2.32 bits per heavy atom. The zero-order valence-corrected chi connectivity index (χ0v) is 13.3.